The van der Waals surface area contributed by atoms with Crippen molar-refractivity contribution in [3.63, 3.8) is 0 Å². The number of hydrogen-bond acceptors (Lipinski definition) is 2. The molecule has 0 aliphatic heterocycles. The van der Waals surface area contributed by atoms with E-state index in [-0.39, 0.29) is 5.82 Å². The van der Waals surface area contributed by atoms with Gasteiger partial charge in [-0.3, -0.25) is 4.79 Å². The number of carboxylic acid groups (broad SMARTS) is 1. The van der Waals surface area contributed by atoms with Crippen molar-refractivity contribution in [2.24, 2.45) is 5.73 Å². The maximum Gasteiger partial charge on any atom is 0.321 e. The van der Waals surface area contributed by atoms with Crippen molar-refractivity contribution in [3.8, 4) is 0 Å². The van der Waals surface area contributed by atoms with Crippen LogP contribution < -0.4 is 5.73 Å². The fourth-order valence-corrected chi connectivity index (χ4v) is 1.76. The largest absolute Gasteiger partial charge is 0.480 e. The Labute approximate surface area is 94.1 Å². The molecule has 0 aliphatic rings. The third-order valence-corrected chi connectivity index (χ3v) is 2.94. The first-order valence-corrected chi connectivity index (χ1v) is 5.02. The van der Waals surface area contributed by atoms with Gasteiger partial charge in [0, 0.05) is 5.41 Å². The quantitative estimate of drug-likeness (QED) is 0.824. The van der Waals surface area contributed by atoms with Gasteiger partial charge in [-0.15, -0.1) is 0 Å². The van der Waals surface area contributed by atoms with Gasteiger partial charge in [0.2, 0.25) is 0 Å². The van der Waals surface area contributed by atoms with Crippen LogP contribution in [0.3, 0.4) is 0 Å². The van der Waals surface area contributed by atoms with E-state index >= 15 is 0 Å². The molecule has 0 spiro atoms. The van der Waals surface area contributed by atoms with Crippen molar-refractivity contribution in [2.75, 3.05) is 0 Å². The van der Waals surface area contributed by atoms with Gasteiger partial charge in [-0.05, 0) is 30.2 Å². The molecule has 1 rings (SSSR count). The summed E-state index contributed by atoms with van der Waals surface area (Å²) in [7, 11) is 0. The molecule has 0 amide bonds. The molecular weight excluding hydrogens is 209 g/mol. The van der Waals surface area contributed by atoms with E-state index in [0.29, 0.717) is 5.56 Å². The van der Waals surface area contributed by atoms with Gasteiger partial charge in [0.1, 0.15) is 11.9 Å². The summed E-state index contributed by atoms with van der Waals surface area (Å²) in [4.78, 5) is 10.9. The number of aryl methyl sites for hydroxylation is 1. The molecule has 4 heteroatoms. The minimum atomic E-state index is -1.09. The lowest BCUT2D eigenvalue weighted by molar-refractivity contribution is -0.140. The summed E-state index contributed by atoms with van der Waals surface area (Å²) in [5, 5.41) is 8.92. The van der Waals surface area contributed by atoms with E-state index in [1.165, 1.54) is 12.1 Å². The van der Waals surface area contributed by atoms with E-state index in [0.717, 1.165) is 5.56 Å². The van der Waals surface area contributed by atoms with E-state index in [1.54, 1.807) is 19.9 Å². The average molecular weight is 225 g/mol. The highest BCUT2D eigenvalue weighted by Gasteiger charge is 2.34. The van der Waals surface area contributed by atoms with Crippen LogP contribution in [-0.2, 0) is 10.2 Å². The molecule has 0 saturated carbocycles. The predicted molar refractivity (Wildman–Crippen MR) is 59.8 cm³/mol. The van der Waals surface area contributed by atoms with Gasteiger partial charge in [-0.25, -0.2) is 4.39 Å². The standard InChI is InChI=1S/C12H16FNO2/c1-7-4-5-8(13)6-9(7)12(2,3)10(14)11(15)16/h4-6,10H,14H2,1-3H3,(H,15,16). The molecule has 0 fully saturated rings. The Morgan fingerprint density at radius 1 is 1.50 bits per heavy atom. The van der Waals surface area contributed by atoms with Crippen LogP contribution in [0.4, 0.5) is 4.39 Å². The summed E-state index contributed by atoms with van der Waals surface area (Å²) >= 11 is 0. The van der Waals surface area contributed by atoms with Gasteiger partial charge in [-0.2, -0.15) is 0 Å². The van der Waals surface area contributed by atoms with Crippen LogP contribution in [0.2, 0.25) is 0 Å². The van der Waals surface area contributed by atoms with Crippen molar-refractivity contribution in [1.29, 1.82) is 0 Å². The molecule has 0 aliphatic carbocycles. The Kier molecular flexibility index (Phi) is 3.33. The molecule has 1 aromatic carbocycles. The third kappa shape index (κ3) is 2.22. The van der Waals surface area contributed by atoms with E-state index in [4.69, 9.17) is 10.8 Å². The molecule has 16 heavy (non-hydrogen) atoms. The monoisotopic (exact) mass is 225 g/mol. The Morgan fingerprint density at radius 3 is 2.56 bits per heavy atom. The van der Waals surface area contributed by atoms with Crippen LogP contribution in [0.5, 0.6) is 0 Å². The van der Waals surface area contributed by atoms with E-state index in [1.807, 2.05) is 6.92 Å². The molecule has 3 nitrogen and oxygen atoms in total. The lowest BCUT2D eigenvalue weighted by Crippen LogP contribution is -2.47. The molecule has 0 bridgehead atoms. The minimum Gasteiger partial charge on any atom is -0.480 e. The Hall–Kier alpha value is -1.42. The fourth-order valence-electron chi connectivity index (χ4n) is 1.76. The average Bonchev–Trinajstić information content (AvgIpc) is 2.20. The molecule has 0 saturated heterocycles. The Bertz CT molecular complexity index is 415. The van der Waals surface area contributed by atoms with E-state index < -0.39 is 17.4 Å². The smallest absolute Gasteiger partial charge is 0.321 e. The molecule has 0 aromatic heterocycles. The lowest BCUT2D eigenvalue weighted by atomic mass is 9.76. The number of aliphatic carboxylic acids is 1. The summed E-state index contributed by atoms with van der Waals surface area (Å²) in [6, 6.07) is 3.26. The Balaban J connectivity index is 3.25. The zero-order valence-electron chi connectivity index (χ0n) is 9.62. The first-order chi connectivity index (χ1) is 7.26. The second-order valence-corrected chi connectivity index (χ2v) is 4.50. The van der Waals surface area contributed by atoms with Gasteiger partial charge in [0.25, 0.3) is 0 Å². The van der Waals surface area contributed by atoms with Crippen LogP contribution in [-0.4, -0.2) is 17.1 Å². The molecule has 1 atom stereocenters. The number of nitrogens with two attached hydrogens (primary N) is 1. The van der Waals surface area contributed by atoms with Gasteiger partial charge in [0.15, 0.2) is 0 Å². The summed E-state index contributed by atoms with van der Waals surface area (Å²) in [6.07, 6.45) is 0. The maximum atomic E-state index is 13.2. The van der Waals surface area contributed by atoms with Gasteiger partial charge in [-0.1, -0.05) is 19.9 Å². The SMILES string of the molecule is Cc1ccc(F)cc1C(C)(C)C(N)C(=O)O. The molecule has 88 valence electrons. The molecule has 1 aromatic rings. The summed E-state index contributed by atoms with van der Waals surface area (Å²) < 4.78 is 13.2. The Morgan fingerprint density at radius 2 is 2.06 bits per heavy atom. The van der Waals surface area contributed by atoms with Crippen molar-refractivity contribution >= 4 is 5.97 Å². The van der Waals surface area contributed by atoms with Crippen molar-refractivity contribution in [1.82, 2.24) is 0 Å². The number of rotatable bonds is 3. The van der Waals surface area contributed by atoms with Crippen molar-refractivity contribution in [2.45, 2.75) is 32.2 Å². The fraction of sp³-hybridized carbons (Fsp3) is 0.417. The number of carbonyl (C=O) groups is 1. The summed E-state index contributed by atoms with van der Waals surface area (Å²) in [5.41, 5.74) is 6.28. The van der Waals surface area contributed by atoms with Crippen LogP contribution in [0.25, 0.3) is 0 Å². The summed E-state index contributed by atoms with van der Waals surface area (Å²) in [5.74, 6) is -1.47. The van der Waals surface area contributed by atoms with E-state index in [2.05, 4.69) is 0 Å². The molecule has 0 heterocycles. The normalized spacial score (nSPS) is 13.6. The summed E-state index contributed by atoms with van der Waals surface area (Å²) in [6.45, 7) is 5.21. The second kappa shape index (κ2) is 4.22. The maximum absolute atomic E-state index is 13.2. The van der Waals surface area contributed by atoms with Gasteiger partial charge in [0.05, 0.1) is 0 Å². The van der Waals surface area contributed by atoms with Crippen LogP contribution in [0.15, 0.2) is 18.2 Å². The van der Waals surface area contributed by atoms with Gasteiger partial charge >= 0.3 is 5.97 Å². The van der Waals surface area contributed by atoms with E-state index in [9.17, 15) is 9.18 Å². The minimum absolute atomic E-state index is 0.383. The van der Waals surface area contributed by atoms with Crippen LogP contribution >= 0.6 is 0 Å². The molecule has 0 radical (unpaired) electrons. The second-order valence-electron chi connectivity index (χ2n) is 4.50. The number of hydrogen-bond donors (Lipinski definition) is 2. The zero-order chi connectivity index (χ0) is 12.5. The van der Waals surface area contributed by atoms with Crippen LogP contribution in [0, 0.1) is 12.7 Å². The predicted octanol–water partition coefficient (Wildman–Crippen LogP) is 1.82. The highest BCUT2D eigenvalue weighted by molar-refractivity contribution is 5.75. The molecule has 3 N–H and O–H groups in total. The van der Waals surface area contributed by atoms with Crippen molar-refractivity contribution < 1.29 is 14.3 Å². The van der Waals surface area contributed by atoms with Crippen molar-refractivity contribution in [3.05, 3.63) is 35.1 Å². The highest BCUT2D eigenvalue weighted by Crippen LogP contribution is 2.29. The lowest BCUT2D eigenvalue weighted by Gasteiger charge is -2.30. The number of halogens is 1. The third-order valence-electron chi connectivity index (χ3n) is 2.94. The first-order valence-electron chi connectivity index (χ1n) is 5.02. The zero-order valence-corrected chi connectivity index (χ0v) is 9.62. The van der Waals surface area contributed by atoms with Crippen LogP contribution in [0.1, 0.15) is 25.0 Å². The molecular formula is C12H16FNO2. The molecule has 1 unspecified atom stereocenters. The van der Waals surface area contributed by atoms with Gasteiger partial charge < -0.3 is 10.8 Å². The number of carboxylic acids is 1. The topological polar surface area (TPSA) is 63.3 Å². The highest BCUT2D eigenvalue weighted by atomic mass is 19.1. The first kappa shape index (κ1) is 12.6. The number of benzene rings is 1.